The van der Waals surface area contributed by atoms with Gasteiger partial charge in [0, 0.05) is 31.8 Å². The van der Waals surface area contributed by atoms with Crippen LogP contribution in [0, 0.1) is 5.92 Å². The third-order valence-electron chi connectivity index (χ3n) is 2.41. The fourth-order valence-electron chi connectivity index (χ4n) is 1.58. The largest absolute Gasteiger partial charge is 0.381 e. The highest BCUT2D eigenvalue weighted by molar-refractivity contribution is 4.71. The molecule has 14 heavy (non-hydrogen) atoms. The van der Waals surface area contributed by atoms with Gasteiger partial charge in [-0.2, -0.15) is 0 Å². The third kappa shape index (κ3) is 5.58. The average molecular weight is 200 g/mol. The summed E-state index contributed by atoms with van der Waals surface area (Å²) in [4.78, 5) is 0. The smallest absolute Gasteiger partial charge is 0.0507 e. The van der Waals surface area contributed by atoms with E-state index in [-0.39, 0.29) is 5.54 Å². The molecule has 1 rings (SSSR count). The van der Waals surface area contributed by atoms with E-state index in [0.717, 1.165) is 38.8 Å². The molecule has 1 saturated heterocycles. The molecule has 0 radical (unpaired) electrons. The Morgan fingerprint density at radius 3 is 2.64 bits per heavy atom. The maximum atomic E-state index is 5.31. The first kappa shape index (κ1) is 12.0. The summed E-state index contributed by atoms with van der Waals surface area (Å²) in [5, 5.41) is 6.91. The topological polar surface area (TPSA) is 33.3 Å². The molecule has 0 spiro atoms. The zero-order chi connectivity index (χ0) is 10.4. The molecule has 0 aromatic rings. The van der Waals surface area contributed by atoms with Crippen molar-refractivity contribution < 1.29 is 4.74 Å². The van der Waals surface area contributed by atoms with Gasteiger partial charge in [0.15, 0.2) is 0 Å². The van der Waals surface area contributed by atoms with Crippen LogP contribution in [0.5, 0.6) is 0 Å². The van der Waals surface area contributed by atoms with Crippen LogP contribution in [0.4, 0.5) is 0 Å². The zero-order valence-corrected chi connectivity index (χ0v) is 9.73. The van der Waals surface area contributed by atoms with Crippen molar-refractivity contribution in [2.24, 2.45) is 5.92 Å². The summed E-state index contributed by atoms with van der Waals surface area (Å²) in [6.45, 7) is 11.7. The van der Waals surface area contributed by atoms with E-state index in [1.807, 2.05) is 0 Å². The highest BCUT2D eigenvalue weighted by atomic mass is 16.5. The lowest BCUT2D eigenvalue weighted by Crippen LogP contribution is -2.40. The summed E-state index contributed by atoms with van der Waals surface area (Å²) in [6.07, 6.45) is 1.22. The molecule has 3 heteroatoms. The maximum Gasteiger partial charge on any atom is 0.0507 e. The number of ether oxygens (including phenoxy) is 1. The van der Waals surface area contributed by atoms with Crippen LogP contribution < -0.4 is 10.6 Å². The third-order valence-corrected chi connectivity index (χ3v) is 2.41. The molecule has 0 aromatic heterocycles. The predicted molar refractivity (Wildman–Crippen MR) is 59.6 cm³/mol. The normalized spacial score (nSPS) is 22.9. The highest BCUT2D eigenvalue weighted by Gasteiger charge is 2.14. The minimum atomic E-state index is 0.234. The van der Waals surface area contributed by atoms with Crippen LogP contribution in [0.25, 0.3) is 0 Å². The second-order valence-corrected chi connectivity index (χ2v) is 5.11. The number of nitrogens with one attached hydrogen (secondary N) is 2. The summed E-state index contributed by atoms with van der Waals surface area (Å²) >= 11 is 0. The van der Waals surface area contributed by atoms with Gasteiger partial charge >= 0.3 is 0 Å². The Morgan fingerprint density at radius 1 is 1.29 bits per heavy atom. The molecular formula is C11H24N2O. The molecule has 1 fully saturated rings. The van der Waals surface area contributed by atoms with Gasteiger partial charge in [-0.05, 0) is 33.1 Å². The van der Waals surface area contributed by atoms with Crippen molar-refractivity contribution in [3.63, 3.8) is 0 Å². The minimum Gasteiger partial charge on any atom is -0.381 e. The lowest BCUT2D eigenvalue weighted by molar-refractivity contribution is 0.185. The van der Waals surface area contributed by atoms with Gasteiger partial charge in [0.1, 0.15) is 0 Å². The van der Waals surface area contributed by atoms with Gasteiger partial charge in [0.2, 0.25) is 0 Å². The van der Waals surface area contributed by atoms with E-state index < -0.39 is 0 Å². The second kappa shape index (κ2) is 5.69. The first-order valence-electron chi connectivity index (χ1n) is 5.61. The Balaban J connectivity index is 1.89. The first-order valence-corrected chi connectivity index (χ1v) is 5.61. The van der Waals surface area contributed by atoms with Gasteiger partial charge < -0.3 is 15.4 Å². The van der Waals surface area contributed by atoms with Crippen molar-refractivity contribution in [1.29, 1.82) is 0 Å². The molecule has 0 saturated carbocycles. The molecule has 1 aliphatic rings. The maximum absolute atomic E-state index is 5.31. The minimum absolute atomic E-state index is 0.234. The molecule has 0 bridgehead atoms. The SMILES string of the molecule is CC(C)(C)NCCNCC1CCOC1. The van der Waals surface area contributed by atoms with E-state index in [1.54, 1.807) is 0 Å². The first-order chi connectivity index (χ1) is 6.58. The Labute approximate surface area is 87.6 Å². The second-order valence-electron chi connectivity index (χ2n) is 5.11. The highest BCUT2D eigenvalue weighted by Crippen LogP contribution is 2.10. The predicted octanol–water partition coefficient (Wildman–Crippen LogP) is 1.00. The van der Waals surface area contributed by atoms with Crippen molar-refractivity contribution in [3.05, 3.63) is 0 Å². The molecule has 0 aliphatic carbocycles. The molecular weight excluding hydrogens is 176 g/mol. The van der Waals surface area contributed by atoms with Crippen LogP contribution in [-0.4, -0.2) is 38.4 Å². The van der Waals surface area contributed by atoms with E-state index in [9.17, 15) is 0 Å². The van der Waals surface area contributed by atoms with Crippen molar-refractivity contribution in [3.8, 4) is 0 Å². The van der Waals surface area contributed by atoms with Crippen LogP contribution in [0.3, 0.4) is 0 Å². The fraction of sp³-hybridized carbons (Fsp3) is 1.00. The molecule has 1 heterocycles. The molecule has 1 unspecified atom stereocenters. The Bertz CT molecular complexity index is 148. The van der Waals surface area contributed by atoms with Crippen LogP contribution in [-0.2, 0) is 4.74 Å². The summed E-state index contributed by atoms with van der Waals surface area (Å²) in [7, 11) is 0. The van der Waals surface area contributed by atoms with Crippen molar-refractivity contribution in [1.82, 2.24) is 10.6 Å². The van der Waals surface area contributed by atoms with Crippen LogP contribution in [0.2, 0.25) is 0 Å². The monoisotopic (exact) mass is 200 g/mol. The zero-order valence-electron chi connectivity index (χ0n) is 9.73. The summed E-state index contributed by atoms with van der Waals surface area (Å²) in [6, 6.07) is 0. The van der Waals surface area contributed by atoms with Gasteiger partial charge in [-0.1, -0.05) is 0 Å². The summed E-state index contributed by atoms with van der Waals surface area (Å²) in [5.41, 5.74) is 0.234. The number of hydrogen-bond acceptors (Lipinski definition) is 3. The molecule has 1 aliphatic heterocycles. The number of hydrogen-bond donors (Lipinski definition) is 2. The summed E-state index contributed by atoms with van der Waals surface area (Å²) < 4.78 is 5.31. The Kier molecular flexibility index (Phi) is 4.85. The van der Waals surface area contributed by atoms with E-state index in [0.29, 0.717) is 0 Å². The molecule has 0 aromatic carbocycles. The van der Waals surface area contributed by atoms with E-state index in [4.69, 9.17) is 4.74 Å². The van der Waals surface area contributed by atoms with Crippen LogP contribution in [0.15, 0.2) is 0 Å². The molecule has 2 N–H and O–H groups in total. The lowest BCUT2D eigenvalue weighted by atomic mass is 10.1. The average Bonchev–Trinajstić information content (AvgIpc) is 2.54. The standard InChI is InChI=1S/C11H24N2O/c1-11(2,3)13-6-5-12-8-10-4-7-14-9-10/h10,12-13H,4-9H2,1-3H3. The summed E-state index contributed by atoms with van der Waals surface area (Å²) in [5.74, 6) is 0.740. The van der Waals surface area contributed by atoms with Crippen molar-refractivity contribution in [2.75, 3.05) is 32.8 Å². The Hall–Kier alpha value is -0.120. The van der Waals surface area contributed by atoms with E-state index >= 15 is 0 Å². The number of rotatable bonds is 5. The molecule has 84 valence electrons. The van der Waals surface area contributed by atoms with E-state index in [2.05, 4.69) is 31.4 Å². The van der Waals surface area contributed by atoms with Gasteiger partial charge in [-0.3, -0.25) is 0 Å². The molecule has 1 atom stereocenters. The van der Waals surface area contributed by atoms with E-state index in [1.165, 1.54) is 6.42 Å². The fourth-order valence-corrected chi connectivity index (χ4v) is 1.58. The molecule has 0 amide bonds. The Morgan fingerprint density at radius 2 is 2.07 bits per heavy atom. The van der Waals surface area contributed by atoms with Gasteiger partial charge in [-0.25, -0.2) is 0 Å². The van der Waals surface area contributed by atoms with Crippen molar-refractivity contribution in [2.45, 2.75) is 32.7 Å². The van der Waals surface area contributed by atoms with Crippen LogP contribution in [0.1, 0.15) is 27.2 Å². The van der Waals surface area contributed by atoms with Crippen molar-refractivity contribution >= 4 is 0 Å². The quantitative estimate of drug-likeness (QED) is 0.650. The lowest BCUT2D eigenvalue weighted by Gasteiger charge is -2.20. The van der Waals surface area contributed by atoms with Gasteiger partial charge in [-0.15, -0.1) is 0 Å². The molecule has 3 nitrogen and oxygen atoms in total. The van der Waals surface area contributed by atoms with Gasteiger partial charge in [0.25, 0.3) is 0 Å². The van der Waals surface area contributed by atoms with Crippen LogP contribution >= 0.6 is 0 Å². The van der Waals surface area contributed by atoms with Gasteiger partial charge in [0.05, 0.1) is 6.61 Å².